The van der Waals surface area contributed by atoms with Gasteiger partial charge in [0.05, 0.1) is 64.2 Å². The monoisotopic (exact) mass is 1550 g/mol. The number of rotatable bonds is 46. The van der Waals surface area contributed by atoms with Crippen LogP contribution in [0.1, 0.15) is 109 Å². The lowest BCUT2D eigenvalue weighted by atomic mass is 10.0. The number of fused-ring (bicyclic) bond motifs is 4. The van der Waals surface area contributed by atoms with Crippen LogP contribution in [0.5, 0.6) is 11.5 Å². The van der Waals surface area contributed by atoms with Crippen molar-refractivity contribution in [2.75, 3.05) is 76.6 Å². The third kappa shape index (κ3) is 24.8. The Morgan fingerprint density at radius 1 is 0.372 bits per heavy atom. The third-order valence-electron chi connectivity index (χ3n) is 18.8. The van der Waals surface area contributed by atoms with E-state index in [9.17, 15) is 58.2 Å². The van der Waals surface area contributed by atoms with E-state index in [0.717, 1.165) is 65.9 Å². The molecule has 0 aliphatic heterocycles. The number of carbonyl (C=O) groups is 10. The normalized spacial score (nSPS) is 12.4. The van der Waals surface area contributed by atoms with Gasteiger partial charge in [0, 0.05) is 144 Å². The lowest BCUT2D eigenvalue weighted by molar-refractivity contribution is -0.140. The van der Waals surface area contributed by atoms with Crippen LogP contribution < -0.4 is 52.0 Å². The Morgan fingerprint density at radius 3 is 1.05 bits per heavy atom. The van der Waals surface area contributed by atoms with Gasteiger partial charge in [-0.3, -0.25) is 38.4 Å². The molecule has 29 heteroatoms. The first kappa shape index (κ1) is 83.1. The summed E-state index contributed by atoms with van der Waals surface area (Å²) in [5, 5.41) is 45.6. The van der Waals surface area contributed by atoms with Gasteiger partial charge in [0.15, 0.2) is 0 Å². The topological polar surface area (TPSA) is 417 Å². The van der Waals surface area contributed by atoms with Gasteiger partial charge in [-0.15, -0.1) is 0 Å². The van der Waals surface area contributed by atoms with Crippen LogP contribution >= 0.6 is 0 Å². The van der Waals surface area contributed by atoms with Crippen molar-refractivity contribution in [3.8, 4) is 11.5 Å². The van der Waals surface area contributed by atoms with Crippen molar-refractivity contribution in [3.63, 3.8) is 0 Å². The van der Waals surface area contributed by atoms with Crippen LogP contribution in [0.4, 0.5) is 11.4 Å². The Balaban J connectivity index is 0.633. The molecule has 0 aliphatic carbocycles. The van der Waals surface area contributed by atoms with Crippen molar-refractivity contribution in [1.82, 2.24) is 51.8 Å². The molecular formula is C84H98N12O17. The quantitative estimate of drug-likeness (QED) is 0.0158. The average Bonchev–Trinajstić information content (AvgIpc) is 1.82. The van der Waals surface area contributed by atoms with Crippen LogP contribution in [0.15, 0.2) is 158 Å². The minimum atomic E-state index is -1.17. The van der Waals surface area contributed by atoms with Crippen molar-refractivity contribution in [2.24, 2.45) is 11.8 Å². The number of para-hydroxylation sites is 4. The number of carboxylic acids is 2. The summed E-state index contributed by atoms with van der Waals surface area (Å²) in [7, 11) is 0. The molecule has 0 unspecified atom stereocenters. The summed E-state index contributed by atoms with van der Waals surface area (Å²) in [6, 6.07) is 34.8. The van der Waals surface area contributed by atoms with Crippen molar-refractivity contribution in [2.45, 2.75) is 116 Å². The Bertz CT molecular complexity index is 4640. The second kappa shape index (κ2) is 41.6. The largest absolute Gasteiger partial charge is 0.491 e. The molecule has 4 aromatic heterocycles. The molecule has 14 N–H and O–H groups in total. The van der Waals surface area contributed by atoms with Gasteiger partial charge in [0.25, 0.3) is 11.8 Å². The van der Waals surface area contributed by atoms with Crippen LogP contribution in [0.3, 0.4) is 0 Å². The number of carboxylic acid groups (broad SMARTS) is 2. The molecular weight excluding hydrogens is 1450 g/mol. The van der Waals surface area contributed by atoms with Gasteiger partial charge in [-0.2, -0.15) is 0 Å². The molecule has 0 radical (unpaired) electrons. The van der Waals surface area contributed by atoms with E-state index in [0.29, 0.717) is 12.8 Å². The number of ether oxygens (including phenoxy) is 5. The van der Waals surface area contributed by atoms with Crippen LogP contribution in [0, 0.1) is 11.8 Å². The number of hydrogen-bond acceptors (Lipinski definition) is 15. The Kier molecular flexibility index (Phi) is 30.6. The molecule has 0 aliphatic rings. The SMILES string of the molecule is CC(C)C[C@H](NC(=O)c1ccc(NC(=O)[C@H](Cc2c[nH]c3ccccc23)NC(=O)CCC(=O)NCCOCCOCCOCCNC(=O)CCC(=O)N[C@@H](Cc2c[nH]c3ccccc23)C(=O)Nc2ccc(C(=O)N[C@@H](CC(C)C)C(=O)O)cc2OCCc2c[nH]c3ccccc23)c(OCCc2c[nH]c3ccccc23)c1)C(=O)O. The maximum atomic E-state index is 14.5. The summed E-state index contributed by atoms with van der Waals surface area (Å²) in [5.74, 6) is -6.59. The number of nitrogens with one attached hydrogen (secondary N) is 12. The molecule has 4 atom stereocenters. The lowest BCUT2D eigenvalue weighted by Crippen LogP contribution is -2.45. The van der Waals surface area contributed by atoms with Crippen molar-refractivity contribution >= 4 is 114 Å². The van der Waals surface area contributed by atoms with Crippen LogP contribution in [0.25, 0.3) is 43.6 Å². The van der Waals surface area contributed by atoms with Gasteiger partial charge in [0.2, 0.25) is 35.4 Å². The molecule has 8 amide bonds. The molecule has 0 saturated heterocycles. The summed E-state index contributed by atoms with van der Waals surface area (Å²) >= 11 is 0. The van der Waals surface area contributed by atoms with Crippen LogP contribution in [-0.2, 0) is 78.3 Å². The number of benzene rings is 6. The van der Waals surface area contributed by atoms with Crippen LogP contribution in [-0.4, -0.2) is 179 Å². The fourth-order valence-corrected chi connectivity index (χ4v) is 13.0. The number of carbonyl (C=O) groups excluding carboxylic acids is 8. The van der Waals surface area contributed by atoms with Gasteiger partial charge in [-0.25, -0.2) is 9.59 Å². The van der Waals surface area contributed by atoms with E-state index in [2.05, 4.69) is 62.5 Å². The van der Waals surface area contributed by atoms with Crippen molar-refractivity contribution < 1.29 is 81.8 Å². The molecule has 10 rings (SSSR count). The molecule has 596 valence electrons. The van der Waals surface area contributed by atoms with E-state index in [1.54, 1.807) is 12.4 Å². The molecule has 29 nitrogen and oxygen atoms in total. The van der Waals surface area contributed by atoms with E-state index < -0.39 is 83.4 Å². The minimum absolute atomic E-state index is 0.0178. The summed E-state index contributed by atoms with van der Waals surface area (Å²) in [5.41, 5.74) is 7.58. The van der Waals surface area contributed by atoms with Crippen molar-refractivity contribution in [1.29, 1.82) is 0 Å². The smallest absolute Gasteiger partial charge is 0.326 e. The predicted octanol–water partition coefficient (Wildman–Crippen LogP) is 9.19. The Morgan fingerprint density at radius 2 is 0.699 bits per heavy atom. The van der Waals surface area contributed by atoms with Gasteiger partial charge in [-0.05, 0) is 108 Å². The third-order valence-corrected chi connectivity index (χ3v) is 18.8. The molecule has 0 saturated carbocycles. The van der Waals surface area contributed by atoms with E-state index in [1.165, 1.54) is 36.4 Å². The number of anilines is 2. The van der Waals surface area contributed by atoms with Gasteiger partial charge in [-0.1, -0.05) is 100 Å². The van der Waals surface area contributed by atoms with E-state index in [4.69, 9.17) is 23.7 Å². The predicted molar refractivity (Wildman–Crippen MR) is 427 cm³/mol. The Labute approximate surface area is 652 Å². The first-order valence-corrected chi connectivity index (χ1v) is 37.9. The standard InChI is InChI=1S/C84H98N12O17/c1-51(2)41-71(83(105)106)95-79(101)53-21-23-67(73(45-53)112-33-29-55-47-87-63-17-9-5-13-59(55)63)93-81(103)69(43-57-49-89-65-19-11-7-15-61(57)65)91-77(99)27-25-75(97)85-31-35-109-37-39-111-40-38-110-36-32-86-76(98)26-28-78(100)92-70(44-58-50-90-66-20-12-8-16-62(58)66)82(104)94-68-24-22-54(80(102)96-72(84(107)108)42-52(3)4)46-74(68)113-34-30-56-48-88-64-18-10-6-14-60(56)64/h5-24,45-52,69-72,87-90H,25-44H2,1-4H3,(H,85,97)(H,86,98)(H,91,99)(H,92,100)(H,93,103)(H,94,104)(H,95,101)(H,96,102)(H,105,106)(H,107,108)/t69-,70-,71-,72-/m0/s1. The summed E-state index contributed by atoms with van der Waals surface area (Å²) in [4.78, 5) is 146. The number of aromatic nitrogens is 4. The number of aliphatic carboxylic acids is 2. The first-order valence-electron chi connectivity index (χ1n) is 37.9. The second-order valence-corrected chi connectivity index (χ2v) is 28.2. The van der Waals surface area contributed by atoms with E-state index >= 15 is 0 Å². The number of aromatic amines is 4. The fourth-order valence-electron chi connectivity index (χ4n) is 13.0. The number of H-pyrrole nitrogens is 4. The zero-order valence-corrected chi connectivity index (χ0v) is 63.6. The average molecular weight is 1550 g/mol. The maximum Gasteiger partial charge on any atom is 0.326 e. The second-order valence-electron chi connectivity index (χ2n) is 28.2. The highest BCUT2D eigenvalue weighted by atomic mass is 16.5. The number of amides is 8. The fraction of sp³-hybridized carbons (Fsp3) is 0.357. The van der Waals surface area contributed by atoms with Gasteiger partial charge in [0.1, 0.15) is 35.7 Å². The molecule has 0 spiro atoms. The summed E-state index contributed by atoms with van der Waals surface area (Å²) < 4.78 is 29.5. The summed E-state index contributed by atoms with van der Waals surface area (Å²) in [6.45, 7) is 9.12. The molecule has 0 fully saturated rings. The highest BCUT2D eigenvalue weighted by Crippen LogP contribution is 2.31. The molecule has 4 heterocycles. The van der Waals surface area contributed by atoms with E-state index in [1.807, 2.05) is 137 Å². The molecule has 10 aromatic rings. The minimum Gasteiger partial charge on any atom is -0.491 e. The highest BCUT2D eigenvalue weighted by Gasteiger charge is 2.30. The van der Waals surface area contributed by atoms with Crippen molar-refractivity contribution in [3.05, 3.63) is 192 Å². The zero-order chi connectivity index (χ0) is 80.2. The first-order chi connectivity index (χ1) is 54.6. The molecule has 113 heavy (non-hydrogen) atoms. The summed E-state index contributed by atoms with van der Waals surface area (Å²) in [6.07, 6.45) is 7.86. The van der Waals surface area contributed by atoms with Crippen LogP contribution in [0.2, 0.25) is 0 Å². The van der Waals surface area contributed by atoms with E-state index in [-0.39, 0.29) is 163 Å². The lowest BCUT2D eigenvalue weighted by Gasteiger charge is -2.21. The zero-order valence-electron chi connectivity index (χ0n) is 63.6. The molecule has 6 aromatic carbocycles. The maximum absolute atomic E-state index is 14.5. The van der Waals surface area contributed by atoms with Gasteiger partial charge < -0.3 is 96.4 Å². The molecule has 0 bridgehead atoms. The number of hydrogen-bond donors (Lipinski definition) is 14. The van der Waals surface area contributed by atoms with Gasteiger partial charge >= 0.3 is 11.9 Å². The Hall–Kier alpha value is -12.3. The highest BCUT2D eigenvalue weighted by molar-refractivity contribution is 6.03.